The number of likely N-dealkylation sites (tertiary alicyclic amines) is 1. The summed E-state index contributed by atoms with van der Waals surface area (Å²) >= 11 is 0. The number of aliphatic imine (C=N–C) groups is 1. The number of carbonyl (C=O) groups is 1. The Labute approximate surface area is 185 Å². The number of halogens is 1. The second-order valence-corrected chi connectivity index (χ2v) is 7.23. The molecule has 1 saturated heterocycles. The number of hydrogen-bond acceptors (Lipinski definition) is 5. The summed E-state index contributed by atoms with van der Waals surface area (Å²) in [5.74, 6) is 1.42. The molecule has 0 aliphatic carbocycles. The number of esters is 1. The number of nitrogens with one attached hydrogen (secondary N) is 2. The number of nitrogens with zero attached hydrogens (tertiary/aromatic N) is 2. The molecule has 0 bridgehead atoms. The molecule has 2 N–H and O–H groups in total. The minimum atomic E-state index is -0.409. The molecule has 0 aromatic heterocycles. The van der Waals surface area contributed by atoms with E-state index in [1.165, 1.54) is 7.11 Å². The highest BCUT2D eigenvalue weighted by molar-refractivity contribution is 14.0. The molecule has 0 amide bonds. The van der Waals surface area contributed by atoms with Crippen molar-refractivity contribution < 1.29 is 14.3 Å². The van der Waals surface area contributed by atoms with Gasteiger partial charge in [0.1, 0.15) is 11.3 Å². The maximum absolute atomic E-state index is 11.8. The number of rotatable bonds is 6. The normalized spacial score (nSPS) is 19.9. The zero-order valence-electron chi connectivity index (χ0n) is 17.6. The molecule has 2 unspecified atom stereocenters. The van der Waals surface area contributed by atoms with E-state index in [-0.39, 0.29) is 24.0 Å². The van der Waals surface area contributed by atoms with Crippen LogP contribution in [0.5, 0.6) is 5.75 Å². The summed E-state index contributed by atoms with van der Waals surface area (Å²) in [6.07, 6.45) is 0. The average Bonchev–Trinajstić information content (AvgIpc) is 3.04. The first kappa shape index (κ1) is 24.5. The Bertz CT molecular complexity index is 681. The second-order valence-electron chi connectivity index (χ2n) is 7.23. The zero-order chi connectivity index (χ0) is 20.0. The van der Waals surface area contributed by atoms with Gasteiger partial charge >= 0.3 is 5.97 Å². The van der Waals surface area contributed by atoms with Crippen LogP contribution in [0.4, 0.5) is 0 Å². The van der Waals surface area contributed by atoms with Gasteiger partial charge in [0.25, 0.3) is 0 Å². The Morgan fingerprint density at radius 1 is 1.32 bits per heavy atom. The van der Waals surface area contributed by atoms with Gasteiger partial charge < -0.3 is 20.1 Å². The fourth-order valence-corrected chi connectivity index (χ4v) is 3.29. The Kier molecular flexibility index (Phi) is 10.0. The first-order valence-corrected chi connectivity index (χ1v) is 9.36. The van der Waals surface area contributed by atoms with Crippen LogP contribution < -0.4 is 15.4 Å². The van der Waals surface area contributed by atoms with E-state index in [1.807, 2.05) is 12.1 Å². The van der Waals surface area contributed by atoms with Crippen LogP contribution in [0.3, 0.4) is 0 Å². The Hall–Kier alpha value is -1.55. The average molecular weight is 504 g/mol. The fourth-order valence-electron chi connectivity index (χ4n) is 3.29. The molecule has 8 heteroatoms. The monoisotopic (exact) mass is 504 g/mol. The lowest BCUT2D eigenvalue weighted by Crippen LogP contribution is -2.46. The molecule has 1 heterocycles. The van der Waals surface area contributed by atoms with E-state index >= 15 is 0 Å². The number of methoxy groups -OCH3 is 2. The van der Waals surface area contributed by atoms with Crippen molar-refractivity contribution in [1.82, 2.24) is 15.5 Å². The molecule has 1 aromatic rings. The molecule has 0 radical (unpaired) electrons. The highest BCUT2D eigenvalue weighted by Gasteiger charge is 2.31. The predicted octanol–water partition coefficient (Wildman–Crippen LogP) is 2.49. The number of carbonyl (C=O) groups excluding carboxylic acids is 1. The maximum atomic E-state index is 11.8. The van der Waals surface area contributed by atoms with Crippen molar-refractivity contribution in [1.29, 1.82) is 0 Å². The van der Waals surface area contributed by atoms with Gasteiger partial charge in [0.15, 0.2) is 5.96 Å². The largest absolute Gasteiger partial charge is 0.496 e. The van der Waals surface area contributed by atoms with Gasteiger partial charge in [0.05, 0.1) is 14.2 Å². The van der Waals surface area contributed by atoms with Gasteiger partial charge in [0, 0.05) is 38.8 Å². The van der Waals surface area contributed by atoms with Crippen molar-refractivity contribution >= 4 is 35.9 Å². The van der Waals surface area contributed by atoms with E-state index in [1.54, 1.807) is 20.2 Å². The SMILES string of the molecule is CN=C(NCc1ccc(C(=O)OC)c(OC)c1)NC1CN(C(C)C)CC1C.I. The van der Waals surface area contributed by atoms with Crippen LogP contribution in [0.25, 0.3) is 0 Å². The van der Waals surface area contributed by atoms with E-state index in [4.69, 9.17) is 9.47 Å². The first-order chi connectivity index (χ1) is 12.9. The summed E-state index contributed by atoms with van der Waals surface area (Å²) in [7, 11) is 4.68. The summed E-state index contributed by atoms with van der Waals surface area (Å²) in [6, 6.07) is 6.36. The molecular weight excluding hydrogens is 471 g/mol. The molecule has 28 heavy (non-hydrogen) atoms. The number of hydrogen-bond donors (Lipinski definition) is 2. The highest BCUT2D eigenvalue weighted by atomic mass is 127. The van der Waals surface area contributed by atoms with Crippen LogP contribution in [0.2, 0.25) is 0 Å². The molecule has 158 valence electrons. The van der Waals surface area contributed by atoms with Gasteiger partial charge in [-0.05, 0) is 37.5 Å². The minimum Gasteiger partial charge on any atom is -0.496 e. The minimum absolute atomic E-state index is 0. The molecule has 1 fully saturated rings. The lowest BCUT2D eigenvalue weighted by molar-refractivity contribution is 0.0597. The molecule has 0 spiro atoms. The Balaban J connectivity index is 0.00000392. The summed E-state index contributed by atoms with van der Waals surface area (Å²) in [4.78, 5) is 18.6. The third-order valence-electron chi connectivity index (χ3n) is 5.05. The lowest BCUT2D eigenvalue weighted by Gasteiger charge is -2.22. The maximum Gasteiger partial charge on any atom is 0.341 e. The van der Waals surface area contributed by atoms with E-state index in [9.17, 15) is 4.79 Å². The summed E-state index contributed by atoms with van der Waals surface area (Å²) in [5.41, 5.74) is 1.41. The summed E-state index contributed by atoms with van der Waals surface area (Å²) in [6.45, 7) is 9.41. The van der Waals surface area contributed by atoms with Crippen molar-refractivity contribution in [3.63, 3.8) is 0 Å². The number of benzene rings is 1. The molecule has 1 aliphatic heterocycles. The van der Waals surface area contributed by atoms with Crippen molar-refractivity contribution in [2.45, 2.75) is 39.4 Å². The highest BCUT2D eigenvalue weighted by Crippen LogP contribution is 2.21. The smallest absolute Gasteiger partial charge is 0.341 e. The van der Waals surface area contributed by atoms with Crippen LogP contribution in [0.15, 0.2) is 23.2 Å². The molecule has 0 saturated carbocycles. The molecule has 7 nitrogen and oxygen atoms in total. The van der Waals surface area contributed by atoms with Crippen molar-refractivity contribution in [3.8, 4) is 5.75 Å². The quantitative estimate of drug-likeness (QED) is 0.269. The van der Waals surface area contributed by atoms with Crippen LogP contribution >= 0.6 is 24.0 Å². The van der Waals surface area contributed by atoms with E-state index in [2.05, 4.69) is 41.3 Å². The molecule has 1 aromatic carbocycles. The van der Waals surface area contributed by atoms with Crippen LogP contribution in [0, 0.1) is 5.92 Å². The zero-order valence-corrected chi connectivity index (χ0v) is 19.9. The third kappa shape index (κ3) is 6.23. The van der Waals surface area contributed by atoms with Crippen molar-refractivity contribution in [2.24, 2.45) is 10.9 Å². The van der Waals surface area contributed by atoms with Crippen LogP contribution in [0.1, 0.15) is 36.7 Å². The van der Waals surface area contributed by atoms with Gasteiger partial charge in [-0.2, -0.15) is 0 Å². The van der Waals surface area contributed by atoms with Gasteiger partial charge in [0.2, 0.25) is 0 Å². The number of ether oxygens (including phenoxy) is 2. The fraction of sp³-hybridized carbons (Fsp3) is 0.600. The third-order valence-corrected chi connectivity index (χ3v) is 5.05. The molecule has 1 aliphatic rings. The summed E-state index contributed by atoms with van der Waals surface area (Å²) in [5, 5.41) is 6.87. The van der Waals surface area contributed by atoms with Crippen LogP contribution in [-0.2, 0) is 11.3 Å². The first-order valence-electron chi connectivity index (χ1n) is 9.36. The van der Waals surface area contributed by atoms with E-state index in [0.717, 1.165) is 24.6 Å². The molecule has 2 atom stereocenters. The Morgan fingerprint density at radius 2 is 2.04 bits per heavy atom. The summed E-state index contributed by atoms with van der Waals surface area (Å²) < 4.78 is 10.1. The molecular formula is C20H33IN4O3. The lowest BCUT2D eigenvalue weighted by atomic mass is 10.1. The number of guanidine groups is 1. The topological polar surface area (TPSA) is 75.2 Å². The van der Waals surface area contributed by atoms with E-state index < -0.39 is 5.97 Å². The van der Waals surface area contributed by atoms with Gasteiger partial charge in [-0.25, -0.2) is 4.79 Å². The molecule has 2 rings (SSSR count). The van der Waals surface area contributed by atoms with Gasteiger partial charge in [-0.3, -0.25) is 9.89 Å². The standard InChI is InChI=1S/C20H32N4O3.HI/c1-13(2)24-11-14(3)17(12-24)23-20(21-4)22-10-15-7-8-16(19(25)27-6)18(9-15)26-5;/h7-9,13-14,17H,10-12H2,1-6H3,(H2,21,22,23);1H. The van der Waals surface area contributed by atoms with Crippen LogP contribution in [-0.4, -0.2) is 63.3 Å². The van der Waals surface area contributed by atoms with Gasteiger partial charge in [-0.1, -0.05) is 13.0 Å². The van der Waals surface area contributed by atoms with Crippen molar-refractivity contribution in [3.05, 3.63) is 29.3 Å². The predicted molar refractivity (Wildman–Crippen MR) is 123 cm³/mol. The second kappa shape index (κ2) is 11.5. The Morgan fingerprint density at radius 3 is 2.57 bits per heavy atom. The van der Waals surface area contributed by atoms with Gasteiger partial charge in [-0.15, -0.1) is 24.0 Å². The van der Waals surface area contributed by atoms with E-state index in [0.29, 0.717) is 35.9 Å². The van der Waals surface area contributed by atoms with Crippen molar-refractivity contribution in [2.75, 3.05) is 34.4 Å².